The predicted molar refractivity (Wildman–Crippen MR) is 80.3 cm³/mol. The van der Waals surface area contributed by atoms with Crippen molar-refractivity contribution in [2.45, 2.75) is 75.2 Å². The summed E-state index contributed by atoms with van der Waals surface area (Å²) in [4.78, 5) is 2.72. The third-order valence-corrected chi connectivity index (χ3v) is 6.31. The summed E-state index contributed by atoms with van der Waals surface area (Å²) in [6, 6.07) is 2.56. The maximum Gasteiger partial charge on any atom is 0.0111 e. The van der Waals surface area contributed by atoms with Crippen LogP contribution in [-0.4, -0.2) is 47.1 Å². The first-order valence-electron chi connectivity index (χ1n) is 7.97. The lowest BCUT2D eigenvalue weighted by Crippen LogP contribution is -2.48. The summed E-state index contributed by atoms with van der Waals surface area (Å²) in [5, 5.41) is 4.92. The van der Waals surface area contributed by atoms with Crippen molar-refractivity contribution in [3.8, 4) is 0 Å². The molecular formula is C15H28N2S. The largest absolute Gasteiger partial charge is 0.311 e. The van der Waals surface area contributed by atoms with Crippen molar-refractivity contribution in [1.29, 1.82) is 0 Å². The van der Waals surface area contributed by atoms with Gasteiger partial charge in [-0.25, -0.2) is 0 Å². The lowest BCUT2D eigenvalue weighted by molar-refractivity contribution is 0.161. The lowest BCUT2D eigenvalue weighted by atomic mass is 9.96. The van der Waals surface area contributed by atoms with Crippen molar-refractivity contribution in [3.63, 3.8) is 0 Å². The summed E-state index contributed by atoms with van der Waals surface area (Å²) in [5.41, 5.74) is 0. The highest BCUT2D eigenvalue weighted by atomic mass is 32.2. The first-order valence-corrected chi connectivity index (χ1v) is 9.01. The Kier molecular flexibility index (Phi) is 4.53. The fraction of sp³-hybridized carbons (Fsp3) is 1.00. The zero-order valence-electron chi connectivity index (χ0n) is 11.7. The van der Waals surface area contributed by atoms with E-state index in [2.05, 4.69) is 28.9 Å². The van der Waals surface area contributed by atoms with Crippen LogP contribution in [0.4, 0.5) is 0 Å². The van der Waals surface area contributed by atoms with Gasteiger partial charge < -0.3 is 10.2 Å². The highest BCUT2D eigenvalue weighted by molar-refractivity contribution is 7.99. The number of piperidine rings is 1. The van der Waals surface area contributed by atoms with E-state index in [-0.39, 0.29) is 0 Å². The summed E-state index contributed by atoms with van der Waals surface area (Å²) in [6.07, 6.45) is 9.98. The Morgan fingerprint density at radius 1 is 1.06 bits per heavy atom. The van der Waals surface area contributed by atoms with Gasteiger partial charge in [-0.05, 0) is 63.8 Å². The van der Waals surface area contributed by atoms with E-state index in [0.717, 1.165) is 23.4 Å². The van der Waals surface area contributed by atoms with Gasteiger partial charge in [-0.15, -0.1) is 0 Å². The van der Waals surface area contributed by atoms with Crippen LogP contribution in [-0.2, 0) is 0 Å². The Balaban J connectivity index is 1.43. The molecule has 0 radical (unpaired) electrons. The zero-order chi connectivity index (χ0) is 12.4. The number of nitrogens with one attached hydrogen (secondary N) is 1. The van der Waals surface area contributed by atoms with Gasteiger partial charge in [0, 0.05) is 23.4 Å². The Labute approximate surface area is 116 Å². The van der Waals surface area contributed by atoms with Gasteiger partial charge in [0.1, 0.15) is 0 Å². The molecule has 3 heteroatoms. The van der Waals surface area contributed by atoms with Gasteiger partial charge in [0.05, 0.1) is 0 Å². The molecular weight excluding hydrogens is 240 g/mol. The van der Waals surface area contributed by atoms with E-state index >= 15 is 0 Å². The number of fused-ring (bicyclic) bond motifs is 1. The van der Waals surface area contributed by atoms with Crippen LogP contribution in [0.1, 0.15) is 51.9 Å². The van der Waals surface area contributed by atoms with Gasteiger partial charge in [-0.1, -0.05) is 6.92 Å². The molecule has 3 fully saturated rings. The average molecular weight is 268 g/mol. The van der Waals surface area contributed by atoms with Gasteiger partial charge in [-0.3, -0.25) is 0 Å². The van der Waals surface area contributed by atoms with Crippen molar-refractivity contribution in [3.05, 3.63) is 0 Å². The second-order valence-electron chi connectivity index (χ2n) is 6.31. The normalized spacial score (nSPS) is 41.2. The van der Waals surface area contributed by atoms with Gasteiger partial charge in [0.25, 0.3) is 0 Å². The van der Waals surface area contributed by atoms with Crippen molar-refractivity contribution in [2.75, 3.05) is 18.8 Å². The van der Waals surface area contributed by atoms with Crippen LogP contribution in [0.5, 0.6) is 0 Å². The summed E-state index contributed by atoms with van der Waals surface area (Å²) in [5.74, 6) is 1.29. The van der Waals surface area contributed by atoms with Gasteiger partial charge in [-0.2, -0.15) is 11.8 Å². The minimum Gasteiger partial charge on any atom is -0.311 e. The van der Waals surface area contributed by atoms with Crippen molar-refractivity contribution < 1.29 is 0 Å². The second kappa shape index (κ2) is 6.15. The Bertz CT molecular complexity index is 271. The standard InChI is InChI=1S/C15H28N2S/c1-2-18-15-6-5-12(11-15)16-13-7-9-17-8-3-4-14(17)10-13/h12-16H,2-11H2,1H3. The minimum atomic E-state index is 0.819. The predicted octanol–water partition coefficient (Wildman–Crippen LogP) is 2.88. The van der Waals surface area contributed by atoms with Crippen molar-refractivity contribution in [2.24, 2.45) is 0 Å². The smallest absolute Gasteiger partial charge is 0.0111 e. The molecule has 0 aromatic rings. The molecule has 4 atom stereocenters. The number of hydrogen-bond donors (Lipinski definition) is 1. The third-order valence-electron chi connectivity index (χ3n) is 5.08. The van der Waals surface area contributed by atoms with E-state index in [1.54, 1.807) is 0 Å². The van der Waals surface area contributed by atoms with Crippen LogP contribution < -0.4 is 5.32 Å². The summed E-state index contributed by atoms with van der Waals surface area (Å²) < 4.78 is 0. The molecule has 1 saturated carbocycles. The van der Waals surface area contributed by atoms with Crippen LogP contribution in [0.25, 0.3) is 0 Å². The number of hydrogen-bond acceptors (Lipinski definition) is 3. The highest BCUT2D eigenvalue weighted by Crippen LogP contribution is 2.32. The maximum absolute atomic E-state index is 3.98. The fourth-order valence-corrected chi connectivity index (χ4v) is 5.33. The topological polar surface area (TPSA) is 15.3 Å². The highest BCUT2D eigenvalue weighted by Gasteiger charge is 2.33. The third kappa shape index (κ3) is 3.05. The molecule has 0 spiro atoms. The fourth-order valence-electron chi connectivity index (χ4n) is 4.19. The Morgan fingerprint density at radius 3 is 2.83 bits per heavy atom. The Morgan fingerprint density at radius 2 is 1.94 bits per heavy atom. The maximum atomic E-state index is 3.98. The van der Waals surface area contributed by atoms with Crippen molar-refractivity contribution >= 4 is 11.8 Å². The van der Waals surface area contributed by atoms with E-state index in [1.165, 1.54) is 63.8 Å². The number of thioether (sulfide) groups is 1. The SMILES string of the molecule is CCSC1CCC(NC2CCN3CCCC3C2)C1. The first-order chi connectivity index (χ1) is 8.85. The second-order valence-corrected chi connectivity index (χ2v) is 7.88. The number of rotatable bonds is 4. The van der Waals surface area contributed by atoms with Crippen LogP contribution in [0.2, 0.25) is 0 Å². The summed E-state index contributed by atoms with van der Waals surface area (Å²) >= 11 is 2.17. The summed E-state index contributed by atoms with van der Waals surface area (Å²) in [6.45, 7) is 5.01. The van der Waals surface area contributed by atoms with Crippen LogP contribution >= 0.6 is 11.8 Å². The molecule has 0 amide bonds. The number of nitrogens with zero attached hydrogens (tertiary/aromatic N) is 1. The molecule has 0 aromatic carbocycles. The van der Waals surface area contributed by atoms with E-state index in [1.807, 2.05) is 0 Å². The van der Waals surface area contributed by atoms with E-state index in [4.69, 9.17) is 0 Å². The zero-order valence-corrected chi connectivity index (χ0v) is 12.6. The molecule has 0 aromatic heterocycles. The Hall–Kier alpha value is 0.270. The van der Waals surface area contributed by atoms with Crippen LogP contribution in [0.3, 0.4) is 0 Å². The average Bonchev–Trinajstić information content (AvgIpc) is 2.98. The summed E-state index contributed by atoms with van der Waals surface area (Å²) in [7, 11) is 0. The molecule has 3 rings (SSSR count). The molecule has 2 nitrogen and oxygen atoms in total. The quantitative estimate of drug-likeness (QED) is 0.844. The van der Waals surface area contributed by atoms with Crippen LogP contribution in [0.15, 0.2) is 0 Å². The molecule has 104 valence electrons. The minimum absolute atomic E-state index is 0.819. The van der Waals surface area contributed by atoms with Gasteiger partial charge >= 0.3 is 0 Å². The molecule has 4 unspecified atom stereocenters. The van der Waals surface area contributed by atoms with Crippen LogP contribution in [0, 0.1) is 0 Å². The molecule has 0 bridgehead atoms. The van der Waals surface area contributed by atoms with E-state index < -0.39 is 0 Å². The first kappa shape index (κ1) is 13.3. The van der Waals surface area contributed by atoms with Gasteiger partial charge in [0.2, 0.25) is 0 Å². The van der Waals surface area contributed by atoms with E-state index in [9.17, 15) is 0 Å². The van der Waals surface area contributed by atoms with Crippen molar-refractivity contribution in [1.82, 2.24) is 10.2 Å². The lowest BCUT2D eigenvalue weighted by Gasteiger charge is -2.36. The monoisotopic (exact) mass is 268 g/mol. The molecule has 18 heavy (non-hydrogen) atoms. The van der Waals surface area contributed by atoms with E-state index in [0.29, 0.717) is 0 Å². The molecule has 2 heterocycles. The molecule has 3 aliphatic rings. The molecule has 2 aliphatic heterocycles. The molecule has 2 saturated heterocycles. The van der Waals surface area contributed by atoms with Gasteiger partial charge in [0.15, 0.2) is 0 Å². The molecule has 1 N–H and O–H groups in total. The molecule has 1 aliphatic carbocycles.